The van der Waals surface area contributed by atoms with Gasteiger partial charge in [0.05, 0.1) is 16.1 Å². The predicted molar refractivity (Wildman–Crippen MR) is 80.4 cm³/mol. The molecule has 0 amide bonds. The first-order valence-electron chi connectivity index (χ1n) is 6.20. The van der Waals surface area contributed by atoms with E-state index in [0.717, 1.165) is 13.0 Å². The lowest BCUT2D eigenvalue weighted by atomic mass is 10.1. The summed E-state index contributed by atoms with van der Waals surface area (Å²) in [5.74, 6) is -0.699. The van der Waals surface area contributed by atoms with Crippen molar-refractivity contribution in [2.24, 2.45) is 0 Å². The molecule has 0 aliphatic carbocycles. The molecule has 1 aromatic heterocycles. The van der Waals surface area contributed by atoms with Crippen molar-refractivity contribution in [1.29, 1.82) is 5.41 Å². The maximum atomic E-state index is 11.0. The average Bonchev–Trinajstić information content (AvgIpc) is 2.33. The van der Waals surface area contributed by atoms with Gasteiger partial charge in [0.2, 0.25) is 0 Å². The summed E-state index contributed by atoms with van der Waals surface area (Å²) in [4.78, 5) is 17.2. The predicted octanol–water partition coefficient (Wildman–Crippen LogP) is 2.18. The standard InChI is InChI=1S/C13H19ClN4O2/c1-8(15)10-11(14)9(13(19)20)7-17-12(10)16-5-4-6-18(2)3/h7,15H,4-6H2,1-3H3,(H,16,17)(H,19,20). The molecule has 0 aromatic carbocycles. The molecule has 0 bridgehead atoms. The van der Waals surface area contributed by atoms with Gasteiger partial charge < -0.3 is 20.7 Å². The summed E-state index contributed by atoms with van der Waals surface area (Å²) in [7, 11) is 3.98. The molecule has 110 valence electrons. The molecular formula is C13H19ClN4O2. The van der Waals surface area contributed by atoms with Crippen LogP contribution in [0.1, 0.15) is 29.3 Å². The molecule has 0 unspecified atom stereocenters. The van der Waals surface area contributed by atoms with Crippen LogP contribution in [0, 0.1) is 5.41 Å². The van der Waals surface area contributed by atoms with Crippen LogP contribution in [-0.2, 0) is 0 Å². The molecule has 0 fully saturated rings. The van der Waals surface area contributed by atoms with E-state index in [0.29, 0.717) is 17.9 Å². The average molecular weight is 299 g/mol. The monoisotopic (exact) mass is 298 g/mol. The molecule has 6 nitrogen and oxygen atoms in total. The van der Waals surface area contributed by atoms with E-state index in [2.05, 4.69) is 15.2 Å². The Hall–Kier alpha value is -1.66. The number of hydrogen-bond acceptors (Lipinski definition) is 5. The molecule has 0 spiro atoms. The van der Waals surface area contributed by atoms with Crippen molar-refractivity contribution >= 4 is 29.1 Å². The molecule has 3 N–H and O–H groups in total. The van der Waals surface area contributed by atoms with Crippen molar-refractivity contribution in [1.82, 2.24) is 9.88 Å². The van der Waals surface area contributed by atoms with Gasteiger partial charge in [0.25, 0.3) is 0 Å². The first-order valence-corrected chi connectivity index (χ1v) is 6.58. The minimum Gasteiger partial charge on any atom is -0.478 e. The molecule has 0 saturated heterocycles. The lowest BCUT2D eigenvalue weighted by Crippen LogP contribution is -2.18. The van der Waals surface area contributed by atoms with Crippen molar-refractivity contribution in [2.45, 2.75) is 13.3 Å². The van der Waals surface area contributed by atoms with Gasteiger partial charge in [0.15, 0.2) is 0 Å². The largest absolute Gasteiger partial charge is 0.478 e. The van der Waals surface area contributed by atoms with Crippen LogP contribution in [0.25, 0.3) is 0 Å². The maximum absolute atomic E-state index is 11.0. The fraction of sp³-hybridized carbons (Fsp3) is 0.462. The summed E-state index contributed by atoms with van der Waals surface area (Å²) < 4.78 is 0. The molecule has 0 saturated carbocycles. The Bertz CT molecular complexity index is 517. The lowest BCUT2D eigenvalue weighted by molar-refractivity contribution is 0.0696. The molecule has 20 heavy (non-hydrogen) atoms. The molecule has 1 heterocycles. The molecule has 0 aliphatic heterocycles. The van der Waals surface area contributed by atoms with Gasteiger partial charge >= 0.3 is 5.97 Å². The third kappa shape index (κ3) is 4.18. The van der Waals surface area contributed by atoms with E-state index in [1.165, 1.54) is 6.20 Å². The van der Waals surface area contributed by atoms with E-state index >= 15 is 0 Å². The van der Waals surface area contributed by atoms with E-state index in [-0.39, 0.29) is 16.3 Å². The maximum Gasteiger partial charge on any atom is 0.338 e. The minimum atomic E-state index is -1.15. The van der Waals surface area contributed by atoms with Crippen molar-refractivity contribution in [3.8, 4) is 0 Å². The third-order valence-electron chi connectivity index (χ3n) is 2.70. The van der Waals surface area contributed by atoms with Gasteiger partial charge in [0.1, 0.15) is 5.82 Å². The van der Waals surface area contributed by atoms with Crippen LogP contribution in [-0.4, -0.2) is 53.9 Å². The zero-order valence-electron chi connectivity index (χ0n) is 11.8. The Morgan fingerprint density at radius 1 is 1.55 bits per heavy atom. The summed E-state index contributed by atoms with van der Waals surface area (Å²) in [5, 5.41) is 19.9. The highest BCUT2D eigenvalue weighted by atomic mass is 35.5. The number of aromatic nitrogens is 1. The number of carboxylic acids is 1. The number of nitrogens with zero attached hydrogens (tertiary/aromatic N) is 2. The van der Waals surface area contributed by atoms with Crippen LogP contribution in [0.4, 0.5) is 5.82 Å². The van der Waals surface area contributed by atoms with E-state index in [9.17, 15) is 4.79 Å². The summed E-state index contributed by atoms with van der Waals surface area (Å²) in [6.45, 7) is 3.15. The number of pyridine rings is 1. The molecule has 1 aromatic rings. The van der Waals surface area contributed by atoms with E-state index in [1.807, 2.05) is 14.1 Å². The van der Waals surface area contributed by atoms with Crippen molar-refractivity contribution < 1.29 is 9.90 Å². The Balaban J connectivity index is 2.94. The molecule has 7 heteroatoms. The topological polar surface area (TPSA) is 89.3 Å². The van der Waals surface area contributed by atoms with Crippen molar-refractivity contribution in [2.75, 3.05) is 32.5 Å². The second-order valence-electron chi connectivity index (χ2n) is 4.72. The number of carboxylic acid groups (broad SMARTS) is 1. The van der Waals surface area contributed by atoms with Crippen molar-refractivity contribution in [3.63, 3.8) is 0 Å². The van der Waals surface area contributed by atoms with Crippen LogP contribution in [0.15, 0.2) is 6.20 Å². The zero-order valence-corrected chi connectivity index (χ0v) is 12.6. The van der Waals surface area contributed by atoms with Crippen molar-refractivity contribution in [3.05, 3.63) is 22.3 Å². The lowest BCUT2D eigenvalue weighted by Gasteiger charge is -2.14. The number of nitrogens with one attached hydrogen (secondary N) is 2. The fourth-order valence-electron chi connectivity index (χ4n) is 1.72. The van der Waals surface area contributed by atoms with E-state index in [4.69, 9.17) is 22.1 Å². The number of anilines is 1. The summed E-state index contributed by atoms with van der Waals surface area (Å²) in [6.07, 6.45) is 2.12. The summed E-state index contributed by atoms with van der Waals surface area (Å²) in [6, 6.07) is 0. The molecule has 1 rings (SSSR count). The fourth-order valence-corrected chi connectivity index (χ4v) is 2.08. The van der Waals surface area contributed by atoms with Crippen LogP contribution in [0.5, 0.6) is 0 Å². The molecule has 0 aliphatic rings. The first-order chi connectivity index (χ1) is 9.34. The highest BCUT2D eigenvalue weighted by Crippen LogP contribution is 2.26. The second kappa shape index (κ2) is 7.21. The minimum absolute atomic E-state index is 0.0510. The number of carbonyl (C=O) groups is 1. The second-order valence-corrected chi connectivity index (χ2v) is 5.10. The number of hydrogen-bond donors (Lipinski definition) is 3. The molecule has 0 atom stereocenters. The Labute approximate surface area is 123 Å². The Morgan fingerprint density at radius 3 is 2.70 bits per heavy atom. The van der Waals surface area contributed by atoms with Gasteiger partial charge in [-0.15, -0.1) is 0 Å². The van der Waals surface area contributed by atoms with Crippen LogP contribution in [0.3, 0.4) is 0 Å². The first kappa shape index (κ1) is 16.4. The van der Waals surface area contributed by atoms with Gasteiger partial charge in [-0.25, -0.2) is 9.78 Å². The highest BCUT2D eigenvalue weighted by molar-refractivity contribution is 6.37. The van der Waals surface area contributed by atoms with Crippen LogP contribution >= 0.6 is 11.6 Å². The molecular weight excluding hydrogens is 280 g/mol. The Morgan fingerprint density at radius 2 is 2.20 bits per heavy atom. The summed E-state index contributed by atoms with van der Waals surface area (Å²) in [5.41, 5.74) is 0.434. The van der Waals surface area contributed by atoms with Gasteiger partial charge in [-0.2, -0.15) is 0 Å². The Kier molecular flexibility index (Phi) is 5.91. The summed E-state index contributed by atoms with van der Waals surface area (Å²) >= 11 is 6.06. The highest BCUT2D eigenvalue weighted by Gasteiger charge is 2.18. The van der Waals surface area contributed by atoms with Gasteiger partial charge in [0, 0.05) is 18.5 Å². The van der Waals surface area contributed by atoms with Gasteiger partial charge in [-0.3, -0.25) is 0 Å². The third-order valence-corrected chi connectivity index (χ3v) is 3.09. The normalized spacial score (nSPS) is 10.7. The smallest absolute Gasteiger partial charge is 0.338 e. The van der Waals surface area contributed by atoms with E-state index in [1.54, 1.807) is 6.92 Å². The number of aromatic carboxylic acids is 1. The van der Waals surface area contributed by atoms with Crippen LogP contribution in [0.2, 0.25) is 5.02 Å². The molecule has 0 radical (unpaired) electrons. The zero-order chi connectivity index (χ0) is 15.3. The van der Waals surface area contributed by atoms with E-state index < -0.39 is 5.97 Å². The SMILES string of the molecule is CC(=N)c1c(NCCCN(C)C)ncc(C(=O)O)c1Cl. The quantitative estimate of drug-likeness (QED) is 0.530. The van der Waals surface area contributed by atoms with Crippen LogP contribution < -0.4 is 5.32 Å². The van der Waals surface area contributed by atoms with Gasteiger partial charge in [-0.1, -0.05) is 11.6 Å². The number of halogens is 1. The van der Waals surface area contributed by atoms with Gasteiger partial charge in [-0.05, 0) is 34.0 Å². The number of rotatable bonds is 7.